The minimum absolute atomic E-state index is 0.0634. The van der Waals surface area contributed by atoms with E-state index in [0.29, 0.717) is 13.2 Å². The summed E-state index contributed by atoms with van der Waals surface area (Å²) < 4.78 is 6.18. The molecule has 26 heavy (non-hydrogen) atoms. The summed E-state index contributed by atoms with van der Waals surface area (Å²) in [4.78, 5) is 2.35. The van der Waals surface area contributed by atoms with Gasteiger partial charge in [0.25, 0.3) is 0 Å². The topological polar surface area (TPSA) is 12.5 Å². The highest BCUT2D eigenvalue weighted by atomic mass is 16.5. The maximum atomic E-state index is 6.18. The molecule has 128 valence electrons. The summed E-state index contributed by atoms with van der Waals surface area (Å²) in [7, 11) is 0. The van der Waals surface area contributed by atoms with Gasteiger partial charge in [0.1, 0.15) is 6.23 Å². The molecule has 0 spiro atoms. The van der Waals surface area contributed by atoms with E-state index in [2.05, 4.69) is 65.3 Å². The molecular weight excluding hydrogens is 318 g/mol. The lowest BCUT2D eigenvalue weighted by Crippen LogP contribution is -2.27. The van der Waals surface area contributed by atoms with Gasteiger partial charge in [0.05, 0.1) is 19.2 Å². The van der Waals surface area contributed by atoms with E-state index in [0.717, 1.165) is 5.56 Å². The van der Waals surface area contributed by atoms with Crippen LogP contribution in [-0.2, 0) is 4.74 Å². The smallest absolute Gasteiger partial charge is 0.138 e. The molecule has 0 saturated carbocycles. The Labute approximate surface area is 155 Å². The molecule has 1 aliphatic heterocycles. The first kappa shape index (κ1) is 16.6. The predicted molar refractivity (Wildman–Crippen MR) is 104 cm³/mol. The summed E-state index contributed by atoms with van der Waals surface area (Å²) in [6.45, 7) is 1.34. The van der Waals surface area contributed by atoms with Gasteiger partial charge in [0.15, 0.2) is 0 Å². The molecule has 3 aromatic rings. The first-order valence-electron chi connectivity index (χ1n) is 8.93. The fourth-order valence-corrected chi connectivity index (χ4v) is 3.35. The number of hydrogen-bond acceptors (Lipinski definition) is 2. The molecule has 1 heterocycles. The molecule has 0 aromatic heterocycles. The van der Waals surface area contributed by atoms with Crippen molar-refractivity contribution >= 4 is 0 Å². The van der Waals surface area contributed by atoms with Crippen molar-refractivity contribution in [2.24, 2.45) is 0 Å². The minimum Gasteiger partial charge on any atom is -0.357 e. The van der Waals surface area contributed by atoms with Gasteiger partial charge in [-0.25, -0.2) is 0 Å². The minimum atomic E-state index is -0.0634. The second kappa shape index (κ2) is 8.01. The van der Waals surface area contributed by atoms with E-state index in [1.165, 1.54) is 11.1 Å². The summed E-state index contributed by atoms with van der Waals surface area (Å²) >= 11 is 0. The molecule has 2 nitrogen and oxygen atoms in total. The van der Waals surface area contributed by atoms with Crippen LogP contribution in [0, 0.1) is 11.8 Å². The lowest BCUT2D eigenvalue weighted by Gasteiger charge is -2.26. The van der Waals surface area contributed by atoms with Crippen molar-refractivity contribution < 1.29 is 4.74 Å². The quantitative estimate of drug-likeness (QED) is 0.635. The van der Waals surface area contributed by atoms with E-state index in [9.17, 15) is 0 Å². The van der Waals surface area contributed by atoms with E-state index in [1.807, 2.05) is 42.5 Å². The van der Waals surface area contributed by atoms with Crippen molar-refractivity contribution in [2.45, 2.75) is 12.3 Å². The summed E-state index contributed by atoms with van der Waals surface area (Å²) in [6.07, 6.45) is -0.0634. The number of hydrogen-bond donors (Lipinski definition) is 0. The van der Waals surface area contributed by atoms with E-state index in [1.54, 1.807) is 0 Å². The van der Waals surface area contributed by atoms with E-state index in [4.69, 9.17) is 4.74 Å². The van der Waals surface area contributed by atoms with Crippen molar-refractivity contribution in [2.75, 3.05) is 13.2 Å². The van der Waals surface area contributed by atoms with E-state index >= 15 is 0 Å². The van der Waals surface area contributed by atoms with Crippen LogP contribution in [0.5, 0.6) is 0 Å². The molecule has 0 bridgehead atoms. The van der Waals surface area contributed by atoms with Gasteiger partial charge in [-0.1, -0.05) is 90.7 Å². The van der Waals surface area contributed by atoms with Gasteiger partial charge < -0.3 is 4.74 Å². The summed E-state index contributed by atoms with van der Waals surface area (Å²) in [6, 6.07) is 31.3. The Morgan fingerprint density at radius 1 is 0.769 bits per heavy atom. The normalized spacial score (nSPS) is 19.7. The van der Waals surface area contributed by atoms with Gasteiger partial charge in [-0.3, -0.25) is 4.90 Å². The van der Waals surface area contributed by atoms with Gasteiger partial charge in [-0.2, -0.15) is 0 Å². The van der Waals surface area contributed by atoms with Crippen LogP contribution in [0.2, 0.25) is 0 Å². The van der Waals surface area contributed by atoms with Crippen LogP contribution in [0.25, 0.3) is 0 Å². The summed E-state index contributed by atoms with van der Waals surface area (Å²) in [5.41, 5.74) is 3.49. The lowest BCUT2D eigenvalue weighted by atomic mass is 10.1. The first-order valence-corrected chi connectivity index (χ1v) is 8.93. The maximum Gasteiger partial charge on any atom is 0.138 e. The highest BCUT2D eigenvalue weighted by Gasteiger charge is 2.35. The van der Waals surface area contributed by atoms with E-state index < -0.39 is 0 Å². The molecule has 0 unspecified atom stereocenters. The number of rotatable bonds is 3. The molecule has 0 N–H and O–H groups in total. The van der Waals surface area contributed by atoms with E-state index in [-0.39, 0.29) is 12.3 Å². The molecule has 4 rings (SSSR count). The van der Waals surface area contributed by atoms with Crippen molar-refractivity contribution in [1.29, 1.82) is 0 Å². The molecule has 1 saturated heterocycles. The Morgan fingerprint density at radius 2 is 1.35 bits per heavy atom. The molecule has 3 aromatic carbocycles. The lowest BCUT2D eigenvalue weighted by molar-refractivity contribution is 0.0365. The Balaban J connectivity index is 1.61. The van der Waals surface area contributed by atoms with Gasteiger partial charge in [0.2, 0.25) is 0 Å². The van der Waals surface area contributed by atoms with Crippen molar-refractivity contribution in [1.82, 2.24) is 4.90 Å². The third kappa shape index (κ3) is 3.70. The second-order valence-electron chi connectivity index (χ2n) is 6.36. The second-order valence-corrected chi connectivity index (χ2v) is 6.36. The number of ether oxygens (including phenoxy) is 1. The average Bonchev–Trinajstić information content (AvgIpc) is 3.14. The predicted octanol–water partition coefficient (Wildman–Crippen LogP) is 4.81. The van der Waals surface area contributed by atoms with Crippen molar-refractivity contribution in [3.05, 3.63) is 108 Å². The Morgan fingerprint density at radius 3 is 2.00 bits per heavy atom. The summed E-state index contributed by atoms with van der Waals surface area (Å²) in [5.74, 6) is 6.61. The third-order valence-electron chi connectivity index (χ3n) is 4.65. The number of benzene rings is 3. The van der Waals surface area contributed by atoms with Crippen molar-refractivity contribution in [3.8, 4) is 11.8 Å². The molecule has 2 heteroatoms. The van der Waals surface area contributed by atoms with Crippen LogP contribution in [0.4, 0.5) is 0 Å². The monoisotopic (exact) mass is 339 g/mol. The molecule has 1 fully saturated rings. The van der Waals surface area contributed by atoms with Gasteiger partial charge in [-0.15, -0.1) is 0 Å². The van der Waals surface area contributed by atoms with Crippen LogP contribution >= 0.6 is 0 Å². The molecular formula is C24H21NO. The van der Waals surface area contributed by atoms with Crippen LogP contribution in [0.3, 0.4) is 0 Å². The highest BCUT2D eigenvalue weighted by molar-refractivity contribution is 5.34. The first-order chi connectivity index (χ1) is 12.9. The number of nitrogens with zero attached hydrogens (tertiary/aromatic N) is 1. The van der Waals surface area contributed by atoms with Gasteiger partial charge in [-0.05, 0) is 23.3 Å². The highest BCUT2D eigenvalue weighted by Crippen LogP contribution is 2.38. The zero-order valence-corrected chi connectivity index (χ0v) is 14.6. The molecule has 0 amide bonds. The fraction of sp³-hybridized carbons (Fsp3) is 0.167. The maximum absolute atomic E-state index is 6.18. The zero-order valence-electron chi connectivity index (χ0n) is 14.6. The Kier molecular flexibility index (Phi) is 5.12. The standard InChI is InChI=1S/C24H21NO/c1-4-11-20(12-5-1)13-10-18-25-23(21-14-6-2-7-15-21)19-26-24(25)22-16-8-3-9-17-22/h1-9,11-12,14-17,23-24H,18-19H2/t23-,24+/m1/s1. The zero-order chi connectivity index (χ0) is 17.6. The summed E-state index contributed by atoms with van der Waals surface area (Å²) in [5, 5.41) is 0. The Bertz CT molecular complexity index is 834. The largest absolute Gasteiger partial charge is 0.357 e. The molecule has 0 aliphatic carbocycles. The van der Waals surface area contributed by atoms with Gasteiger partial charge in [0, 0.05) is 5.56 Å². The van der Waals surface area contributed by atoms with Crippen LogP contribution in [0.15, 0.2) is 91.0 Å². The van der Waals surface area contributed by atoms with Crippen LogP contribution in [-0.4, -0.2) is 18.1 Å². The SMILES string of the molecule is C(#Cc1ccccc1)CN1[C@@H](c2ccccc2)CO[C@H]1c1ccccc1. The van der Waals surface area contributed by atoms with Crippen LogP contribution in [0.1, 0.15) is 29.0 Å². The Hall–Kier alpha value is -2.86. The molecule has 0 radical (unpaired) electrons. The van der Waals surface area contributed by atoms with Gasteiger partial charge >= 0.3 is 0 Å². The average molecular weight is 339 g/mol. The van der Waals surface area contributed by atoms with Crippen molar-refractivity contribution in [3.63, 3.8) is 0 Å². The van der Waals surface area contributed by atoms with Crippen LogP contribution < -0.4 is 0 Å². The molecule has 2 atom stereocenters. The molecule has 1 aliphatic rings. The fourth-order valence-electron chi connectivity index (χ4n) is 3.35. The third-order valence-corrected chi connectivity index (χ3v) is 4.65.